The summed E-state index contributed by atoms with van der Waals surface area (Å²) in [5.41, 5.74) is 0.173. The van der Waals surface area contributed by atoms with Gasteiger partial charge in [0.15, 0.2) is 5.96 Å². The molecule has 0 saturated heterocycles. The molecule has 0 bridgehead atoms. The number of rotatable bonds is 8. The van der Waals surface area contributed by atoms with Crippen molar-refractivity contribution in [3.8, 4) is 0 Å². The summed E-state index contributed by atoms with van der Waals surface area (Å²) in [6, 6.07) is 0.480. The molecule has 0 aliphatic rings. The lowest BCUT2D eigenvalue weighted by Crippen LogP contribution is -2.46. The minimum atomic E-state index is 0. The van der Waals surface area contributed by atoms with E-state index in [2.05, 4.69) is 55.6 Å². The Kier molecular flexibility index (Phi) is 14.1. The van der Waals surface area contributed by atoms with Crippen LogP contribution in [0.4, 0.5) is 0 Å². The molecule has 122 valence electrons. The van der Waals surface area contributed by atoms with Gasteiger partial charge in [-0.05, 0) is 34.1 Å². The van der Waals surface area contributed by atoms with Crippen LogP contribution in [0, 0.1) is 0 Å². The fraction of sp³-hybridized carbons (Fsp3) is 0.933. The van der Waals surface area contributed by atoms with Crippen LogP contribution in [0.2, 0.25) is 0 Å². The molecule has 0 radical (unpaired) electrons. The largest absolute Gasteiger partial charge is 0.355 e. The molecular weight excluding hydrogens is 363 g/mol. The van der Waals surface area contributed by atoms with E-state index in [1.807, 2.05) is 7.05 Å². The van der Waals surface area contributed by atoms with Crippen LogP contribution in [0.15, 0.2) is 4.99 Å². The van der Waals surface area contributed by atoms with Crippen molar-refractivity contribution in [2.24, 2.45) is 4.99 Å². The van der Waals surface area contributed by atoms with Gasteiger partial charge in [-0.2, -0.15) is 0 Å². The van der Waals surface area contributed by atoms with Gasteiger partial charge >= 0.3 is 0 Å². The Hall–Kier alpha value is -0.0400. The summed E-state index contributed by atoms with van der Waals surface area (Å²) in [5, 5.41) is 10.2. The van der Waals surface area contributed by atoms with Gasteiger partial charge in [-0.1, -0.05) is 26.2 Å². The molecule has 1 unspecified atom stereocenters. The summed E-state index contributed by atoms with van der Waals surface area (Å²) in [5.74, 6) is 0.903. The number of hydrogen-bond acceptors (Lipinski definition) is 2. The number of guanidine groups is 1. The molecule has 1 atom stereocenters. The Labute approximate surface area is 143 Å². The average Bonchev–Trinajstić information content (AvgIpc) is 2.32. The van der Waals surface area contributed by atoms with Crippen molar-refractivity contribution in [3.05, 3.63) is 0 Å². The highest BCUT2D eigenvalue weighted by Gasteiger charge is 2.08. The summed E-state index contributed by atoms with van der Waals surface area (Å²) in [7, 11) is 1.82. The third-order valence-electron chi connectivity index (χ3n) is 2.92. The third kappa shape index (κ3) is 14.4. The molecule has 0 spiro atoms. The number of unbranched alkanes of at least 4 members (excludes halogenated alkanes) is 2. The molecule has 0 amide bonds. The lowest BCUT2D eigenvalue weighted by molar-refractivity contribution is 0.427. The zero-order chi connectivity index (χ0) is 14.7. The maximum Gasteiger partial charge on any atom is 0.191 e. The van der Waals surface area contributed by atoms with Crippen LogP contribution in [0.1, 0.15) is 60.3 Å². The number of hydrogen-bond donors (Lipinski definition) is 3. The summed E-state index contributed by atoms with van der Waals surface area (Å²) >= 11 is 0. The molecule has 20 heavy (non-hydrogen) atoms. The van der Waals surface area contributed by atoms with Gasteiger partial charge in [-0.15, -0.1) is 24.0 Å². The molecule has 0 aromatic rings. The quantitative estimate of drug-likeness (QED) is 0.255. The van der Waals surface area contributed by atoms with E-state index in [1.165, 1.54) is 25.7 Å². The van der Waals surface area contributed by atoms with Gasteiger partial charge in [0.05, 0.1) is 0 Å². The third-order valence-corrected chi connectivity index (χ3v) is 2.92. The van der Waals surface area contributed by atoms with Gasteiger partial charge in [-0.25, -0.2) is 0 Å². The second kappa shape index (κ2) is 12.7. The monoisotopic (exact) mass is 398 g/mol. The van der Waals surface area contributed by atoms with Crippen LogP contribution in [-0.2, 0) is 0 Å². The summed E-state index contributed by atoms with van der Waals surface area (Å²) < 4.78 is 0. The zero-order valence-electron chi connectivity index (χ0n) is 14.2. The van der Waals surface area contributed by atoms with E-state index < -0.39 is 0 Å². The lowest BCUT2D eigenvalue weighted by atomic mass is 10.1. The van der Waals surface area contributed by atoms with E-state index in [0.29, 0.717) is 6.04 Å². The Balaban J connectivity index is 0. The van der Waals surface area contributed by atoms with Crippen LogP contribution in [0.25, 0.3) is 0 Å². The van der Waals surface area contributed by atoms with E-state index in [4.69, 9.17) is 0 Å². The van der Waals surface area contributed by atoms with Crippen molar-refractivity contribution < 1.29 is 0 Å². The molecule has 0 aromatic heterocycles. The number of halogens is 1. The number of nitrogens with one attached hydrogen (secondary N) is 3. The van der Waals surface area contributed by atoms with Gasteiger partial charge in [0.1, 0.15) is 0 Å². The van der Waals surface area contributed by atoms with E-state index >= 15 is 0 Å². The number of aliphatic imine (C=N–C) groups is 1. The van der Waals surface area contributed by atoms with Gasteiger partial charge in [0.25, 0.3) is 0 Å². The molecule has 0 fully saturated rings. The SMILES string of the molecule is CCCCCC(C)NC(=NC)NCCNC(C)(C)C.I. The predicted octanol–water partition coefficient (Wildman–Crippen LogP) is 3.13. The van der Waals surface area contributed by atoms with Crippen molar-refractivity contribution in [3.63, 3.8) is 0 Å². The Bertz CT molecular complexity index is 249. The average molecular weight is 398 g/mol. The highest BCUT2D eigenvalue weighted by molar-refractivity contribution is 14.0. The first-order chi connectivity index (χ1) is 8.89. The standard InChI is InChI=1S/C15H34N4.HI/c1-7-8-9-10-13(2)19-14(16-6)17-11-12-18-15(3,4)5;/h13,18H,7-12H2,1-6H3,(H2,16,17,19);1H. The van der Waals surface area contributed by atoms with Crippen LogP contribution in [-0.4, -0.2) is 37.7 Å². The van der Waals surface area contributed by atoms with E-state index in [-0.39, 0.29) is 29.5 Å². The van der Waals surface area contributed by atoms with Crippen molar-refractivity contribution in [2.75, 3.05) is 20.1 Å². The van der Waals surface area contributed by atoms with Gasteiger partial charge in [0.2, 0.25) is 0 Å². The highest BCUT2D eigenvalue weighted by atomic mass is 127. The maximum atomic E-state index is 4.26. The predicted molar refractivity (Wildman–Crippen MR) is 101 cm³/mol. The summed E-state index contributed by atoms with van der Waals surface area (Å²) in [6.45, 7) is 12.8. The molecule has 4 nitrogen and oxygen atoms in total. The Morgan fingerprint density at radius 3 is 2.30 bits per heavy atom. The Morgan fingerprint density at radius 2 is 1.80 bits per heavy atom. The van der Waals surface area contributed by atoms with Crippen LogP contribution >= 0.6 is 24.0 Å². The van der Waals surface area contributed by atoms with Crippen molar-refractivity contribution in [1.29, 1.82) is 0 Å². The minimum absolute atomic E-state index is 0. The Morgan fingerprint density at radius 1 is 1.15 bits per heavy atom. The normalized spacial score (nSPS) is 13.6. The summed E-state index contributed by atoms with van der Waals surface area (Å²) in [6.07, 6.45) is 5.08. The summed E-state index contributed by atoms with van der Waals surface area (Å²) in [4.78, 5) is 4.26. The van der Waals surface area contributed by atoms with Crippen molar-refractivity contribution in [1.82, 2.24) is 16.0 Å². The first-order valence-corrected chi connectivity index (χ1v) is 7.61. The van der Waals surface area contributed by atoms with E-state index in [1.54, 1.807) is 0 Å². The van der Waals surface area contributed by atoms with Crippen LogP contribution in [0.5, 0.6) is 0 Å². The lowest BCUT2D eigenvalue weighted by Gasteiger charge is -2.22. The first kappa shape index (κ1) is 22.2. The highest BCUT2D eigenvalue weighted by Crippen LogP contribution is 2.02. The van der Waals surface area contributed by atoms with Crippen molar-refractivity contribution in [2.45, 2.75) is 71.9 Å². The van der Waals surface area contributed by atoms with Crippen molar-refractivity contribution >= 4 is 29.9 Å². The zero-order valence-corrected chi connectivity index (χ0v) is 16.5. The van der Waals surface area contributed by atoms with Gasteiger partial charge < -0.3 is 16.0 Å². The number of nitrogens with zero attached hydrogens (tertiary/aromatic N) is 1. The minimum Gasteiger partial charge on any atom is -0.355 e. The molecule has 0 aromatic carbocycles. The second-order valence-corrected chi connectivity index (χ2v) is 6.22. The molecule has 5 heteroatoms. The molecule has 0 aliphatic carbocycles. The molecule has 0 saturated carbocycles. The second-order valence-electron chi connectivity index (χ2n) is 6.22. The molecule has 0 rings (SSSR count). The molecule has 3 N–H and O–H groups in total. The van der Waals surface area contributed by atoms with E-state index in [9.17, 15) is 0 Å². The molecule has 0 heterocycles. The topological polar surface area (TPSA) is 48.5 Å². The molecular formula is C15H35IN4. The van der Waals surface area contributed by atoms with Crippen LogP contribution in [0.3, 0.4) is 0 Å². The molecule has 0 aliphatic heterocycles. The van der Waals surface area contributed by atoms with Gasteiger partial charge in [-0.3, -0.25) is 4.99 Å². The van der Waals surface area contributed by atoms with Gasteiger partial charge in [0, 0.05) is 31.7 Å². The van der Waals surface area contributed by atoms with E-state index in [0.717, 1.165) is 19.0 Å². The van der Waals surface area contributed by atoms with Crippen LogP contribution < -0.4 is 16.0 Å². The maximum absolute atomic E-state index is 4.26. The smallest absolute Gasteiger partial charge is 0.191 e. The fourth-order valence-electron chi connectivity index (χ4n) is 1.82. The fourth-order valence-corrected chi connectivity index (χ4v) is 1.82. The first-order valence-electron chi connectivity index (χ1n) is 7.61.